The maximum Gasteiger partial charge on any atom is 0.295 e. The summed E-state index contributed by atoms with van der Waals surface area (Å²) in [5.41, 5.74) is 3.14. The number of methoxy groups -OCH3 is 1. The summed E-state index contributed by atoms with van der Waals surface area (Å²) in [6.07, 6.45) is 7.14. The van der Waals surface area contributed by atoms with E-state index in [1.54, 1.807) is 29.6 Å². The van der Waals surface area contributed by atoms with Crippen LogP contribution in [0, 0.1) is 5.92 Å². The van der Waals surface area contributed by atoms with Crippen molar-refractivity contribution in [2.45, 2.75) is 63.9 Å². The van der Waals surface area contributed by atoms with Crippen LogP contribution in [0.15, 0.2) is 40.5 Å². The molecule has 1 N–H and O–H groups in total. The molecule has 1 atom stereocenters. The van der Waals surface area contributed by atoms with E-state index in [0.29, 0.717) is 40.9 Å². The maximum atomic E-state index is 13.7. The molecule has 0 unspecified atom stereocenters. The lowest BCUT2D eigenvalue weighted by Crippen LogP contribution is -2.30. The highest BCUT2D eigenvalue weighted by atomic mass is 32.2. The first kappa shape index (κ1) is 26.0. The van der Waals surface area contributed by atoms with Crippen molar-refractivity contribution in [3.8, 4) is 17.3 Å². The highest BCUT2D eigenvalue weighted by molar-refractivity contribution is 7.99. The largest absolute Gasteiger partial charge is 0.480 e. The lowest BCUT2D eigenvalue weighted by molar-refractivity contribution is 0.397. The van der Waals surface area contributed by atoms with Gasteiger partial charge in [-0.2, -0.15) is 0 Å². The summed E-state index contributed by atoms with van der Waals surface area (Å²) < 4.78 is 7.26. The number of thioether (sulfide) groups is 1. The quantitative estimate of drug-likeness (QED) is 0.283. The molecule has 0 aromatic carbocycles. The Labute approximate surface area is 225 Å². The highest BCUT2D eigenvalue weighted by Crippen LogP contribution is 2.44. The number of fused-ring (bicyclic) bond motifs is 1. The van der Waals surface area contributed by atoms with E-state index in [0.717, 1.165) is 34.9 Å². The minimum absolute atomic E-state index is 0.128. The zero-order chi connectivity index (χ0) is 26.8. The molecule has 1 saturated carbocycles. The summed E-state index contributed by atoms with van der Waals surface area (Å²) in [6, 6.07) is 3.87. The third kappa shape index (κ3) is 5.20. The Morgan fingerprint density at radius 1 is 1.11 bits per heavy atom. The zero-order valence-corrected chi connectivity index (χ0v) is 23.1. The van der Waals surface area contributed by atoms with Gasteiger partial charge in [-0.1, -0.05) is 20.8 Å². The molecule has 1 aliphatic carbocycles. The number of anilines is 1. The van der Waals surface area contributed by atoms with Crippen molar-refractivity contribution in [3.05, 3.63) is 52.6 Å². The Bertz CT molecular complexity index is 1500. The van der Waals surface area contributed by atoms with Gasteiger partial charge in [0.2, 0.25) is 5.88 Å². The van der Waals surface area contributed by atoms with Gasteiger partial charge in [-0.25, -0.2) is 24.9 Å². The van der Waals surface area contributed by atoms with Crippen molar-refractivity contribution in [3.63, 3.8) is 0 Å². The average molecular weight is 533 g/mol. The van der Waals surface area contributed by atoms with Crippen molar-refractivity contribution >= 4 is 28.7 Å². The van der Waals surface area contributed by atoms with E-state index in [4.69, 9.17) is 9.72 Å². The fourth-order valence-electron chi connectivity index (χ4n) is 4.27. The van der Waals surface area contributed by atoms with Crippen LogP contribution in [0.2, 0.25) is 0 Å². The molecule has 0 amide bonds. The van der Waals surface area contributed by atoms with Crippen molar-refractivity contribution in [2.75, 3.05) is 18.2 Å². The van der Waals surface area contributed by atoms with E-state index in [-0.39, 0.29) is 23.3 Å². The molecule has 1 aliphatic rings. The van der Waals surface area contributed by atoms with Gasteiger partial charge in [0.25, 0.3) is 5.56 Å². The van der Waals surface area contributed by atoms with Crippen molar-refractivity contribution in [1.29, 1.82) is 0 Å². The second kappa shape index (κ2) is 11.0. The van der Waals surface area contributed by atoms with Crippen LogP contribution in [0.25, 0.3) is 22.6 Å². The van der Waals surface area contributed by atoms with Crippen LogP contribution in [0.4, 0.5) is 5.82 Å². The molecule has 38 heavy (non-hydrogen) atoms. The molecule has 10 nitrogen and oxygen atoms in total. The Morgan fingerprint density at radius 2 is 1.92 bits per heavy atom. The van der Waals surface area contributed by atoms with Crippen LogP contribution < -0.4 is 15.6 Å². The molecule has 0 bridgehead atoms. The number of aromatic nitrogens is 7. The minimum Gasteiger partial charge on any atom is -0.480 e. The van der Waals surface area contributed by atoms with E-state index in [2.05, 4.69) is 51.0 Å². The van der Waals surface area contributed by atoms with E-state index < -0.39 is 0 Å². The molecule has 11 heteroatoms. The fourth-order valence-corrected chi connectivity index (χ4v) is 4.89. The molecule has 1 fully saturated rings. The Morgan fingerprint density at radius 3 is 2.58 bits per heavy atom. The van der Waals surface area contributed by atoms with E-state index >= 15 is 0 Å². The summed E-state index contributed by atoms with van der Waals surface area (Å²) in [6.45, 7) is 8.67. The molecule has 0 aliphatic heterocycles. The fraction of sp³-hybridized carbons (Fsp3) is 0.444. The van der Waals surface area contributed by atoms with E-state index in [1.807, 2.05) is 25.3 Å². The molecule has 4 aromatic heterocycles. The number of pyridine rings is 1. The molecule has 0 saturated heterocycles. The number of hydrogen-bond acceptors (Lipinski definition) is 10. The maximum absolute atomic E-state index is 13.7. The summed E-state index contributed by atoms with van der Waals surface area (Å²) in [7, 11) is 1.57. The monoisotopic (exact) mass is 532 g/mol. The Kier molecular flexibility index (Phi) is 7.55. The summed E-state index contributed by atoms with van der Waals surface area (Å²) in [5, 5.41) is 3.19. The number of ether oxygens (including phenoxy) is 1. The van der Waals surface area contributed by atoms with Gasteiger partial charge in [0.15, 0.2) is 17.3 Å². The predicted molar refractivity (Wildman–Crippen MR) is 149 cm³/mol. The first-order valence-corrected chi connectivity index (χ1v) is 13.9. The first-order valence-electron chi connectivity index (χ1n) is 12.9. The van der Waals surface area contributed by atoms with Crippen LogP contribution in [-0.2, 0) is 6.54 Å². The highest BCUT2D eigenvalue weighted by Gasteiger charge is 2.32. The lowest BCUT2D eigenvalue weighted by atomic mass is 10.1. The number of nitrogens with zero attached hydrogens (tertiary/aromatic N) is 7. The Balaban J connectivity index is 1.57. The lowest BCUT2D eigenvalue weighted by Gasteiger charge is -2.22. The summed E-state index contributed by atoms with van der Waals surface area (Å²) >= 11 is 1.74. The van der Waals surface area contributed by atoms with Gasteiger partial charge >= 0.3 is 0 Å². The third-order valence-electron chi connectivity index (χ3n) is 6.77. The third-order valence-corrected chi connectivity index (χ3v) is 7.64. The van der Waals surface area contributed by atoms with Gasteiger partial charge in [0.1, 0.15) is 17.4 Å². The van der Waals surface area contributed by atoms with Crippen molar-refractivity contribution in [1.82, 2.24) is 34.5 Å². The molecule has 0 spiro atoms. The summed E-state index contributed by atoms with van der Waals surface area (Å²) in [5.74, 6) is 2.61. The van der Waals surface area contributed by atoms with Gasteiger partial charge < -0.3 is 10.1 Å². The normalized spacial score (nSPS) is 14.2. The first-order chi connectivity index (χ1) is 18.4. The molecule has 4 heterocycles. The van der Waals surface area contributed by atoms with E-state index in [1.165, 1.54) is 6.33 Å². The minimum atomic E-state index is -0.236. The molecular weight excluding hydrogens is 500 g/mol. The van der Waals surface area contributed by atoms with Gasteiger partial charge in [0, 0.05) is 23.1 Å². The molecule has 4 aromatic rings. The van der Waals surface area contributed by atoms with E-state index in [9.17, 15) is 4.79 Å². The standard InChI is InChI=1S/C27H32N8O2S/c1-6-38-19-10-9-18(28-12-19)11-29-24-27(36)35(16(4)15(2)3)25-20(33-24)13-30-23(34-25)21-22(17-7-8-17)31-14-32-26(21)37-5/h9-10,12-17H,6-8,11H2,1-5H3,(H,29,33)/t16-/m1/s1. The average Bonchev–Trinajstić information content (AvgIpc) is 3.77. The van der Waals surface area contributed by atoms with Gasteiger partial charge in [-0.05, 0) is 43.6 Å². The van der Waals surface area contributed by atoms with Crippen LogP contribution >= 0.6 is 11.8 Å². The zero-order valence-electron chi connectivity index (χ0n) is 22.3. The van der Waals surface area contributed by atoms with Gasteiger partial charge in [-0.15, -0.1) is 11.8 Å². The molecule has 0 radical (unpaired) electrons. The van der Waals surface area contributed by atoms with Crippen molar-refractivity contribution < 1.29 is 4.74 Å². The Hall–Kier alpha value is -3.60. The smallest absolute Gasteiger partial charge is 0.295 e. The van der Waals surface area contributed by atoms with Crippen LogP contribution in [-0.4, -0.2) is 47.3 Å². The van der Waals surface area contributed by atoms with Gasteiger partial charge in [0.05, 0.1) is 31.2 Å². The second-order valence-corrected chi connectivity index (χ2v) is 11.0. The van der Waals surface area contributed by atoms with Crippen LogP contribution in [0.5, 0.6) is 5.88 Å². The summed E-state index contributed by atoms with van der Waals surface area (Å²) in [4.78, 5) is 42.3. The number of rotatable bonds is 10. The van der Waals surface area contributed by atoms with Gasteiger partial charge in [-0.3, -0.25) is 14.3 Å². The second-order valence-electron chi connectivity index (χ2n) is 9.71. The van der Waals surface area contributed by atoms with Crippen LogP contribution in [0.1, 0.15) is 63.9 Å². The van der Waals surface area contributed by atoms with Crippen LogP contribution in [0.3, 0.4) is 0 Å². The predicted octanol–water partition coefficient (Wildman–Crippen LogP) is 4.87. The molecular formula is C27H32N8O2S. The SMILES string of the molecule is CCSc1ccc(CNc2nc3cnc(-c4c(OC)ncnc4C4CC4)nc3n([C@H](C)C(C)C)c2=O)nc1. The number of nitrogens with one attached hydrogen (secondary N) is 1. The number of hydrogen-bond donors (Lipinski definition) is 1. The topological polar surface area (TPSA) is 121 Å². The molecule has 5 rings (SSSR count). The van der Waals surface area contributed by atoms with Crippen molar-refractivity contribution in [2.24, 2.45) is 5.92 Å². The molecule has 198 valence electrons.